The van der Waals surface area contributed by atoms with Gasteiger partial charge in [-0.2, -0.15) is 0 Å². The number of rotatable bonds is 4. The first-order valence-corrected chi connectivity index (χ1v) is 6.22. The van der Waals surface area contributed by atoms with Crippen LogP contribution in [-0.2, 0) is 4.74 Å². The largest absolute Gasteiger partial charge is 0.444 e. The fourth-order valence-electron chi connectivity index (χ4n) is 1.50. The van der Waals surface area contributed by atoms with Crippen molar-refractivity contribution in [1.29, 1.82) is 0 Å². The quantitative estimate of drug-likeness (QED) is 0.800. The van der Waals surface area contributed by atoms with Crippen LogP contribution in [0.5, 0.6) is 0 Å². The van der Waals surface area contributed by atoms with Crippen LogP contribution in [-0.4, -0.2) is 28.9 Å². The van der Waals surface area contributed by atoms with E-state index in [1.54, 1.807) is 0 Å². The van der Waals surface area contributed by atoms with Crippen molar-refractivity contribution in [3.05, 3.63) is 0 Å². The maximum Gasteiger partial charge on any atom is 0.407 e. The van der Waals surface area contributed by atoms with Crippen molar-refractivity contribution in [2.45, 2.75) is 66.2 Å². The zero-order valence-electron chi connectivity index (χ0n) is 12.1. The lowest BCUT2D eigenvalue weighted by atomic mass is 9.91. The molecule has 0 heterocycles. The molecule has 1 amide bonds. The third-order valence-electron chi connectivity index (χ3n) is 2.45. The number of hydrogen-bond acceptors (Lipinski definition) is 3. The Hall–Kier alpha value is -0.770. The normalized spacial score (nSPS) is 15.9. The number of hydrogen-bond donors (Lipinski definition) is 2. The first-order chi connectivity index (χ1) is 7.54. The molecular formula is C13H27NO3. The van der Waals surface area contributed by atoms with E-state index in [1.807, 2.05) is 48.5 Å². The summed E-state index contributed by atoms with van der Waals surface area (Å²) in [7, 11) is 0. The molecule has 0 aromatic rings. The summed E-state index contributed by atoms with van der Waals surface area (Å²) in [5, 5.41) is 12.8. The molecule has 17 heavy (non-hydrogen) atoms. The molecule has 2 atom stereocenters. The standard InChI is InChI=1S/C13H27NO3/c1-8(2)10(11(15)9(3)4)14-12(16)17-13(5,6)7/h8-11,15H,1-7H3,(H,14,16)/t10-,11-/m1/s1. The summed E-state index contributed by atoms with van der Waals surface area (Å²) in [6.07, 6.45) is -1.04. The zero-order chi connectivity index (χ0) is 13.8. The summed E-state index contributed by atoms with van der Waals surface area (Å²) >= 11 is 0. The van der Waals surface area contributed by atoms with Gasteiger partial charge in [-0.05, 0) is 32.6 Å². The van der Waals surface area contributed by atoms with Crippen LogP contribution < -0.4 is 5.32 Å². The number of carbonyl (C=O) groups excluding carboxylic acids is 1. The Labute approximate surface area is 105 Å². The van der Waals surface area contributed by atoms with Gasteiger partial charge < -0.3 is 15.2 Å². The van der Waals surface area contributed by atoms with E-state index < -0.39 is 17.8 Å². The lowest BCUT2D eigenvalue weighted by Crippen LogP contribution is -2.50. The number of nitrogens with one attached hydrogen (secondary N) is 1. The van der Waals surface area contributed by atoms with Crippen LogP contribution >= 0.6 is 0 Å². The lowest BCUT2D eigenvalue weighted by Gasteiger charge is -2.31. The smallest absolute Gasteiger partial charge is 0.407 e. The molecule has 0 rings (SSSR count). The molecule has 0 aromatic heterocycles. The SMILES string of the molecule is CC(C)[C@@H](O)[C@H](NC(=O)OC(C)(C)C)C(C)C. The Balaban J connectivity index is 4.51. The molecule has 0 saturated heterocycles. The highest BCUT2D eigenvalue weighted by Crippen LogP contribution is 2.15. The fraction of sp³-hybridized carbons (Fsp3) is 0.923. The first kappa shape index (κ1) is 16.2. The van der Waals surface area contributed by atoms with Crippen molar-refractivity contribution in [3.63, 3.8) is 0 Å². The van der Waals surface area contributed by atoms with Gasteiger partial charge in [-0.3, -0.25) is 0 Å². The lowest BCUT2D eigenvalue weighted by molar-refractivity contribution is 0.0285. The topological polar surface area (TPSA) is 58.6 Å². The number of amides is 1. The van der Waals surface area contributed by atoms with Crippen LogP contribution in [0.2, 0.25) is 0 Å². The molecule has 0 aromatic carbocycles. The van der Waals surface area contributed by atoms with Crippen molar-refractivity contribution in [2.24, 2.45) is 11.8 Å². The Morgan fingerprint density at radius 3 is 1.88 bits per heavy atom. The highest BCUT2D eigenvalue weighted by atomic mass is 16.6. The van der Waals surface area contributed by atoms with E-state index in [2.05, 4.69) is 5.32 Å². The van der Waals surface area contributed by atoms with Crippen molar-refractivity contribution in [1.82, 2.24) is 5.32 Å². The van der Waals surface area contributed by atoms with Crippen LogP contribution in [0.25, 0.3) is 0 Å². The van der Waals surface area contributed by atoms with Gasteiger partial charge in [-0.15, -0.1) is 0 Å². The fourth-order valence-corrected chi connectivity index (χ4v) is 1.50. The number of alkyl carbamates (subject to hydrolysis) is 1. The van der Waals surface area contributed by atoms with Gasteiger partial charge >= 0.3 is 6.09 Å². The minimum absolute atomic E-state index is 0.0948. The Bertz CT molecular complexity index is 244. The summed E-state index contributed by atoms with van der Waals surface area (Å²) in [4.78, 5) is 11.7. The molecule has 0 saturated carbocycles. The Kier molecular flexibility index (Phi) is 5.96. The molecule has 0 bridgehead atoms. The Morgan fingerprint density at radius 1 is 1.12 bits per heavy atom. The van der Waals surface area contributed by atoms with Crippen LogP contribution in [0, 0.1) is 11.8 Å². The maximum atomic E-state index is 11.7. The van der Waals surface area contributed by atoms with Gasteiger partial charge in [0.1, 0.15) is 5.60 Å². The molecular weight excluding hydrogens is 218 g/mol. The Morgan fingerprint density at radius 2 is 1.59 bits per heavy atom. The molecule has 4 heteroatoms. The third kappa shape index (κ3) is 6.51. The van der Waals surface area contributed by atoms with E-state index >= 15 is 0 Å². The van der Waals surface area contributed by atoms with Crippen molar-refractivity contribution in [2.75, 3.05) is 0 Å². The van der Waals surface area contributed by atoms with Gasteiger partial charge in [0.25, 0.3) is 0 Å². The first-order valence-electron chi connectivity index (χ1n) is 6.22. The molecule has 102 valence electrons. The molecule has 4 nitrogen and oxygen atoms in total. The molecule has 0 aliphatic carbocycles. The van der Waals surface area contributed by atoms with Crippen LogP contribution in [0.3, 0.4) is 0 Å². The van der Waals surface area contributed by atoms with E-state index in [4.69, 9.17) is 4.74 Å². The van der Waals surface area contributed by atoms with E-state index in [9.17, 15) is 9.90 Å². The molecule has 0 unspecified atom stereocenters. The van der Waals surface area contributed by atoms with Gasteiger partial charge in [-0.1, -0.05) is 27.7 Å². The number of carbonyl (C=O) groups is 1. The second-order valence-corrected chi connectivity index (χ2v) is 6.15. The van der Waals surface area contributed by atoms with E-state index in [0.717, 1.165) is 0 Å². The second kappa shape index (κ2) is 6.24. The van der Waals surface area contributed by atoms with Crippen LogP contribution in [0.1, 0.15) is 48.5 Å². The molecule has 0 spiro atoms. The van der Waals surface area contributed by atoms with E-state index in [0.29, 0.717) is 0 Å². The summed E-state index contributed by atoms with van der Waals surface area (Å²) in [5.41, 5.74) is -0.519. The highest BCUT2D eigenvalue weighted by Gasteiger charge is 2.28. The van der Waals surface area contributed by atoms with E-state index in [-0.39, 0.29) is 17.9 Å². The highest BCUT2D eigenvalue weighted by molar-refractivity contribution is 5.68. The number of aliphatic hydroxyl groups is 1. The van der Waals surface area contributed by atoms with Gasteiger partial charge in [-0.25, -0.2) is 4.79 Å². The molecule has 2 N–H and O–H groups in total. The van der Waals surface area contributed by atoms with Gasteiger partial charge in [0.2, 0.25) is 0 Å². The summed E-state index contributed by atoms with van der Waals surface area (Å²) in [6.45, 7) is 13.2. The molecule has 0 aliphatic heterocycles. The van der Waals surface area contributed by atoms with Crippen LogP contribution in [0.15, 0.2) is 0 Å². The minimum Gasteiger partial charge on any atom is -0.444 e. The monoisotopic (exact) mass is 245 g/mol. The predicted molar refractivity (Wildman–Crippen MR) is 68.8 cm³/mol. The zero-order valence-corrected chi connectivity index (χ0v) is 12.1. The summed E-state index contributed by atoms with van der Waals surface area (Å²) in [6, 6.07) is -0.287. The number of aliphatic hydroxyl groups excluding tert-OH is 1. The summed E-state index contributed by atoms with van der Waals surface area (Å²) < 4.78 is 5.19. The average Bonchev–Trinajstić information content (AvgIpc) is 2.09. The van der Waals surface area contributed by atoms with Crippen molar-refractivity contribution < 1.29 is 14.6 Å². The third-order valence-corrected chi connectivity index (χ3v) is 2.45. The van der Waals surface area contributed by atoms with Gasteiger partial charge in [0.05, 0.1) is 12.1 Å². The maximum absolute atomic E-state index is 11.7. The predicted octanol–water partition coefficient (Wildman–Crippen LogP) is 2.55. The van der Waals surface area contributed by atoms with E-state index in [1.165, 1.54) is 0 Å². The number of ether oxygens (including phenoxy) is 1. The van der Waals surface area contributed by atoms with Crippen LogP contribution in [0.4, 0.5) is 4.79 Å². The second-order valence-electron chi connectivity index (χ2n) is 6.15. The minimum atomic E-state index is -0.567. The van der Waals surface area contributed by atoms with Gasteiger partial charge in [0, 0.05) is 0 Å². The average molecular weight is 245 g/mol. The van der Waals surface area contributed by atoms with Gasteiger partial charge in [0.15, 0.2) is 0 Å². The molecule has 0 aliphatic rings. The summed E-state index contributed by atoms with van der Waals surface area (Å²) in [5.74, 6) is 0.247. The molecule has 0 fully saturated rings. The molecule has 0 radical (unpaired) electrons. The van der Waals surface area contributed by atoms with Crippen molar-refractivity contribution in [3.8, 4) is 0 Å². The van der Waals surface area contributed by atoms with Crippen molar-refractivity contribution >= 4 is 6.09 Å².